The van der Waals surface area contributed by atoms with Crippen LogP contribution in [0, 0.1) is 11.8 Å². The molecule has 2 amide bonds. The first kappa shape index (κ1) is 29.9. The van der Waals surface area contributed by atoms with Crippen LogP contribution in [-0.4, -0.2) is 64.6 Å². The van der Waals surface area contributed by atoms with Gasteiger partial charge in [0, 0.05) is 11.7 Å². The van der Waals surface area contributed by atoms with Gasteiger partial charge in [0.2, 0.25) is 11.8 Å². The lowest BCUT2D eigenvalue weighted by Gasteiger charge is -2.35. The van der Waals surface area contributed by atoms with Crippen LogP contribution in [0.15, 0.2) is 66.9 Å². The standard InChI is InChI=1S/C31H42N4O4/c1-7-21(4)26(31(38)39)32-30(37)27(28(20(2)3)35-18-17-23-15-11-12-16-24(23)35)33-29(36)25(34(5)6)19-22-13-9-8-10-14-22/h8-18,20-21,25-28H,7,19H2,1-6H3,(H,32,37)(H,33,36)(H,38,39)/t21-,25-,26-,27+,28+/m0/s1. The summed E-state index contributed by atoms with van der Waals surface area (Å²) >= 11 is 0. The second kappa shape index (κ2) is 13.4. The highest BCUT2D eigenvalue weighted by Gasteiger charge is 2.38. The van der Waals surface area contributed by atoms with Crippen LogP contribution in [0.4, 0.5) is 0 Å². The van der Waals surface area contributed by atoms with E-state index in [0.717, 1.165) is 16.5 Å². The molecule has 39 heavy (non-hydrogen) atoms. The van der Waals surface area contributed by atoms with E-state index in [0.29, 0.717) is 12.8 Å². The molecule has 3 N–H and O–H groups in total. The predicted molar refractivity (Wildman–Crippen MR) is 154 cm³/mol. The summed E-state index contributed by atoms with van der Waals surface area (Å²) in [5.74, 6) is -2.23. The van der Waals surface area contributed by atoms with Gasteiger partial charge in [-0.3, -0.25) is 14.5 Å². The second-order valence-electron chi connectivity index (χ2n) is 10.9. The van der Waals surface area contributed by atoms with E-state index in [1.807, 2.05) is 111 Å². The van der Waals surface area contributed by atoms with Crippen molar-refractivity contribution in [2.24, 2.45) is 11.8 Å². The Balaban J connectivity index is 2.03. The fourth-order valence-corrected chi connectivity index (χ4v) is 5.06. The number of hydrogen-bond acceptors (Lipinski definition) is 4. The van der Waals surface area contributed by atoms with E-state index >= 15 is 0 Å². The molecule has 3 aromatic rings. The number of likely N-dealkylation sites (N-methyl/N-ethyl adjacent to an activating group) is 1. The van der Waals surface area contributed by atoms with E-state index in [1.165, 1.54) is 0 Å². The molecular weight excluding hydrogens is 492 g/mol. The van der Waals surface area contributed by atoms with Crippen molar-refractivity contribution in [2.75, 3.05) is 14.1 Å². The van der Waals surface area contributed by atoms with Gasteiger partial charge in [0.1, 0.15) is 12.1 Å². The number of rotatable bonds is 13. The average Bonchev–Trinajstić information content (AvgIpc) is 3.33. The number of nitrogens with zero attached hydrogens (tertiary/aromatic N) is 2. The van der Waals surface area contributed by atoms with E-state index < -0.39 is 36.0 Å². The Hall–Kier alpha value is -3.65. The van der Waals surface area contributed by atoms with Gasteiger partial charge in [-0.25, -0.2) is 4.79 Å². The summed E-state index contributed by atoms with van der Waals surface area (Å²) in [6.07, 6.45) is 2.99. The Labute approximate surface area is 231 Å². The number of hydrogen-bond donors (Lipinski definition) is 3. The summed E-state index contributed by atoms with van der Waals surface area (Å²) in [4.78, 5) is 41.7. The third-order valence-electron chi connectivity index (χ3n) is 7.53. The van der Waals surface area contributed by atoms with Crippen molar-refractivity contribution in [2.45, 2.75) is 64.7 Å². The lowest BCUT2D eigenvalue weighted by atomic mass is 9.92. The van der Waals surface area contributed by atoms with Gasteiger partial charge in [-0.15, -0.1) is 0 Å². The fraction of sp³-hybridized carbons (Fsp3) is 0.452. The largest absolute Gasteiger partial charge is 0.480 e. The van der Waals surface area contributed by atoms with Gasteiger partial charge in [-0.05, 0) is 55.4 Å². The highest BCUT2D eigenvalue weighted by atomic mass is 16.4. The quantitative estimate of drug-likeness (QED) is 0.306. The molecule has 0 spiro atoms. The number of carbonyl (C=O) groups excluding carboxylic acids is 2. The summed E-state index contributed by atoms with van der Waals surface area (Å²) in [6, 6.07) is 16.6. The average molecular weight is 535 g/mol. The van der Waals surface area contributed by atoms with Crippen molar-refractivity contribution in [1.29, 1.82) is 0 Å². The molecule has 8 nitrogen and oxygen atoms in total. The monoisotopic (exact) mass is 534 g/mol. The van der Waals surface area contributed by atoms with Crippen molar-refractivity contribution >= 4 is 28.7 Å². The summed E-state index contributed by atoms with van der Waals surface area (Å²) in [5, 5.41) is 16.7. The maximum Gasteiger partial charge on any atom is 0.326 e. The number of carboxylic acids is 1. The van der Waals surface area contributed by atoms with Crippen molar-refractivity contribution in [3.05, 3.63) is 72.4 Å². The van der Waals surface area contributed by atoms with E-state index in [9.17, 15) is 19.5 Å². The minimum absolute atomic E-state index is 0.0596. The first-order chi connectivity index (χ1) is 18.5. The van der Waals surface area contributed by atoms with Gasteiger partial charge in [0.15, 0.2) is 0 Å². The molecule has 0 bridgehead atoms. The normalized spacial score (nSPS) is 15.5. The fourth-order valence-electron chi connectivity index (χ4n) is 5.06. The van der Waals surface area contributed by atoms with E-state index in [-0.39, 0.29) is 17.7 Å². The van der Waals surface area contributed by atoms with Crippen LogP contribution in [0.2, 0.25) is 0 Å². The highest BCUT2D eigenvalue weighted by molar-refractivity contribution is 5.93. The number of aliphatic carboxylic acids is 1. The number of aromatic nitrogens is 1. The number of benzene rings is 2. The molecule has 0 radical (unpaired) electrons. The van der Waals surface area contributed by atoms with Crippen LogP contribution >= 0.6 is 0 Å². The van der Waals surface area contributed by atoms with Crippen molar-refractivity contribution in [3.63, 3.8) is 0 Å². The molecule has 1 aromatic heterocycles. The van der Waals surface area contributed by atoms with Gasteiger partial charge in [-0.2, -0.15) is 0 Å². The summed E-state index contributed by atoms with van der Waals surface area (Å²) in [7, 11) is 3.68. The minimum atomic E-state index is -1.09. The zero-order chi connectivity index (χ0) is 28.7. The molecule has 5 atom stereocenters. The highest BCUT2D eigenvalue weighted by Crippen LogP contribution is 2.29. The van der Waals surface area contributed by atoms with Crippen LogP contribution in [0.1, 0.15) is 45.7 Å². The van der Waals surface area contributed by atoms with E-state index in [1.54, 1.807) is 6.92 Å². The number of para-hydroxylation sites is 1. The van der Waals surface area contributed by atoms with Gasteiger partial charge in [-0.1, -0.05) is 82.6 Å². The van der Waals surface area contributed by atoms with Crippen LogP contribution in [-0.2, 0) is 20.8 Å². The molecule has 8 heteroatoms. The molecule has 210 valence electrons. The van der Waals surface area contributed by atoms with Gasteiger partial charge in [0.05, 0.1) is 12.1 Å². The number of fused-ring (bicyclic) bond motifs is 1. The Morgan fingerprint density at radius 2 is 1.49 bits per heavy atom. The minimum Gasteiger partial charge on any atom is -0.480 e. The van der Waals surface area contributed by atoms with Crippen LogP contribution in [0.5, 0.6) is 0 Å². The smallest absolute Gasteiger partial charge is 0.326 e. The Bertz CT molecular complexity index is 1250. The third kappa shape index (κ3) is 7.26. The lowest BCUT2D eigenvalue weighted by molar-refractivity contribution is -0.144. The Morgan fingerprint density at radius 1 is 0.872 bits per heavy atom. The van der Waals surface area contributed by atoms with Crippen LogP contribution in [0.25, 0.3) is 10.9 Å². The number of carbonyl (C=O) groups is 3. The molecule has 3 rings (SSSR count). The summed E-state index contributed by atoms with van der Waals surface area (Å²) in [5.41, 5.74) is 1.94. The van der Waals surface area contributed by atoms with Gasteiger partial charge >= 0.3 is 5.97 Å². The molecule has 0 saturated heterocycles. The Morgan fingerprint density at radius 3 is 2.08 bits per heavy atom. The molecule has 0 saturated carbocycles. The topological polar surface area (TPSA) is 104 Å². The zero-order valence-corrected chi connectivity index (χ0v) is 23.8. The van der Waals surface area contributed by atoms with E-state index in [4.69, 9.17) is 0 Å². The van der Waals surface area contributed by atoms with Crippen molar-refractivity contribution in [1.82, 2.24) is 20.1 Å². The van der Waals surface area contributed by atoms with Crippen LogP contribution < -0.4 is 10.6 Å². The van der Waals surface area contributed by atoms with Gasteiger partial charge in [0.25, 0.3) is 0 Å². The van der Waals surface area contributed by atoms with Gasteiger partial charge < -0.3 is 20.3 Å². The molecule has 1 heterocycles. The first-order valence-electron chi connectivity index (χ1n) is 13.6. The molecule has 0 unspecified atom stereocenters. The molecule has 2 aromatic carbocycles. The maximum atomic E-state index is 13.9. The molecule has 0 aliphatic heterocycles. The summed E-state index contributed by atoms with van der Waals surface area (Å²) in [6.45, 7) is 7.69. The molecule has 0 aliphatic rings. The second-order valence-corrected chi connectivity index (χ2v) is 10.9. The number of carboxylic acid groups (broad SMARTS) is 1. The molecular formula is C31H42N4O4. The Kier molecular flexibility index (Phi) is 10.3. The molecule has 0 aliphatic carbocycles. The van der Waals surface area contributed by atoms with E-state index in [2.05, 4.69) is 10.6 Å². The maximum absolute atomic E-state index is 13.9. The third-order valence-corrected chi connectivity index (χ3v) is 7.53. The lowest BCUT2D eigenvalue weighted by Crippen LogP contribution is -2.59. The zero-order valence-electron chi connectivity index (χ0n) is 23.8. The SMILES string of the molecule is CC[C@H](C)[C@H](NC(=O)[C@H](NC(=O)[C@H](Cc1ccccc1)N(C)C)[C@@H](C(C)C)n1ccc2ccccc21)C(=O)O. The number of nitrogens with one attached hydrogen (secondary N) is 2. The predicted octanol–water partition coefficient (Wildman–Crippen LogP) is 4.11. The number of amides is 2. The summed E-state index contributed by atoms with van der Waals surface area (Å²) < 4.78 is 2.02. The molecule has 0 fully saturated rings. The van der Waals surface area contributed by atoms with Crippen molar-refractivity contribution in [3.8, 4) is 0 Å². The first-order valence-corrected chi connectivity index (χ1v) is 13.6. The van der Waals surface area contributed by atoms with Crippen LogP contribution in [0.3, 0.4) is 0 Å². The van der Waals surface area contributed by atoms with Crippen molar-refractivity contribution < 1.29 is 19.5 Å².